The van der Waals surface area contributed by atoms with Gasteiger partial charge in [0, 0.05) is 23.6 Å². The van der Waals surface area contributed by atoms with Crippen molar-refractivity contribution >= 4 is 16.9 Å². The summed E-state index contributed by atoms with van der Waals surface area (Å²) >= 11 is 0. The zero-order valence-corrected chi connectivity index (χ0v) is 14.3. The third-order valence-electron chi connectivity index (χ3n) is 3.70. The van der Waals surface area contributed by atoms with Crippen molar-refractivity contribution < 1.29 is 18.7 Å². The van der Waals surface area contributed by atoms with Gasteiger partial charge in [0.15, 0.2) is 0 Å². The third-order valence-corrected chi connectivity index (χ3v) is 3.70. The molecule has 0 N–H and O–H groups in total. The fraction of sp³-hybridized carbons (Fsp3) is 0.143. The summed E-state index contributed by atoms with van der Waals surface area (Å²) in [4.78, 5) is 23.1. The van der Waals surface area contributed by atoms with Crippen molar-refractivity contribution in [1.82, 2.24) is 0 Å². The highest BCUT2D eigenvalue weighted by Gasteiger charge is 2.09. The first-order valence-electron chi connectivity index (χ1n) is 8.23. The highest BCUT2D eigenvalue weighted by molar-refractivity contribution is 5.93. The zero-order chi connectivity index (χ0) is 18.4. The van der Waals surface area contributed by atoms with E-state index in [0.29, 0.717) is 11.3 Å². The van der Waals surface area contributed by atoms with Crippen LogP contribution >= 0.6 is 0 Å². The van der Waals surface area contributed by atoms with Gasteiger partial charge in [-0.1, -0.05) is 36.4 Å². The van der Waals surface area contributed by atoms with Crippen LogP contribution in [0.2, 0.25) is 0 Å². The monoisotopic (exact) mass is 350 g/mol. The predicted molar refractivity (Wildman–Crippen MR) is 99.2 cm³/mol. The van der Waals surface area contributed by atoms with E-state index in [1.807, 2.05) is 36.4 Å². The molecule has 0 aliphatic rings. The van der Waals surface area contributed by atoms with E-state index in [1.54, 1.807) is 25.1 Å². The number of rotatable bonds is 6. The lowest BCUT2D eigenvalue weighted by Crippen LogP contribution is -2.10. The third kappa shape index (κ3) is 4.19. The Balaban J connectivity index is 1.79. The lowest BCUT2D eigenvalue weighted by atomic mass is 10.0. The molecule has 1 heterocycles. The Hall–Kier alpha value is -3.34. The predicted octanol–water partition coefficient (Wildman–Crippen LogP) is 3.96. The molecule has 0 saturated carbocycles. The van der Waals surface area contributed by atoms with E-state index in [9.17, 15) is 9.59 Å². The molecule has 3 aromatic rings. The molecule has 0 aliphatic carbocycles. The molecule has 1 aromatic heterocycles. The van der Waals surface area contributed by atoms with Gasteiger partial charge in [0.25, 0.3) is 0 Å². The molecular formula is C21H18O5. The normalized spacial score (nSPS) is 11.0. The first kappa shape index (κ1) is 17.5. The maximum absolute atomic E-state index is 11.9. The number of benzene rings is 2. The number of fused-ring (bicyclic) bond motifs is 1. The van der Waals surface area contributed by atoms with Crippen LogP contribution in [0, 0.1) is 0 Å². The molecule has 0 atom stereocenters. The van der Waals surface area contributed by atoms with Gasteiger partial charge >= 0.3 is 11.6 Å². The van der Waals surface area contributed by atoms with Crippen LogP contribution in [0.4, 0.5) is 0 Å². The number of carbonyl (C=O) groups excluding carboxylic acids is 1. The van der Waals surface area contributed by atoms with Crippen LogP contribution in [0.15, 0.2) is 76.0 Å². The van der Waals surface area contributed by atoms with Gasteiger partial charge in [-0.05, 0) is 30.2 Å². The molecule has 0 spiro atoms. The molecule has 0 bridgehead atoms. The summed E-state index contributed by atoms with van der Waals surface area (Å²) < 4.78 is 15.8. The molecule has 0 fully saturated rings. The van der Waals surface area contributed by atoms with E-state index in [-0.39, 0.29) is 13.2 Å². The van der Waals surface area contributed by atoms with Crippen molar-refractivity contribution in [3.05, 3.63) is 77.2 Å². The molecule has 132 valence electrons. The molecular weight excluding hydrogens is 332 g/mol. The maximum atomic E-state index is 11.9. The smallest absolute Gasteiger partial charge is 0.336 e. The van der Waals surface area contributed by atoms with Crippen LogP contribution in [0.3, 0.4) is 0 Å². The van der Waals surface area contributed by atoms with Crippen LogP contribution in [-0.4, -0.2) is 19.2 Å². The van der Waals surface area contributed by atoms with Crippen LogP contribution in [0.25, 0.3) is 22.1 Å². The fourth-order valence-corrected chi connectivity index (χ4v) is 2.58. The summed E-state index contributed by atoms with van der Waals surface area (Å²) in [6, 6.07) is 16.4. The van der Waals surface area contributed by atoms with Crippen LogP contribution in [-0.2, 0) is 9.53 Å². The van der Waals surface area contributed by atoms with Gasteiger partial charge in [0.1, 0.15) is 24.5 Å². The minimum absolute atomic E-state index is 0.134. The second-order valence-electron chi connectivity index (χ2n) is 5.52. The Kier molecular flexibility index (Phi) is 5.49. The molecule has 0 radical (unpaired) electrons. The van der Waals surface area contributed by atoms with E-state index in [2.05, 4.69) is 0 Å². The lowest BCUT2D eigenvalue weighted by molar-refractivity contribution is -0.138. The van der Waals surface area contributed by atoms with Gasteiger partial charge in [-0.25, -0.2) is 9.59 Å². The summed E-state index contributed by atoms with van der Waals surface area (Å²) in [5.74, 6) is 0.126. The van der Waals surface area contributed by atoms with Crippen molar-refractivity contribution in [3.63, 3.8) is 0 Å². The van der Waals surface area contributed by atoms with Crippen LogP contribution < -0.4 is 10.4 Å². The van der Waals surface area contributed by atoms with Crippen LogP contribution in [0.5, 0.6) is 5.75 Å². The highest BCUT2D eigenvalue weighted by atomic mass is 16.6. The van der Waals surface area contributed by atoms with Gasteiger partial charge in [0.2, 0.25) is 0 Å². The molecule has 0 amide bonds. The second kappa shape index (κ2) is 8.16. The van der Waals surface area contributed by atoms with Gasteiger partial charge < -0.3 is 13.9 Å². The number of esters is 1. The average Bonchev–Trinajstić information content (AvgIpc) is 2.65. The highest BCUT2D eigenvalue weighted by Crippen LogP contribution is 2.29. The molecule has 0 saturated heterocycles. The first-order chi connectivity index (χ1) is 12.7. The average molecular weight is 350 g/mol. The largest absolute Gasteiger partial charge is 0.490 e. The Morgan fingerprint density at radius 3 is 2.65 bits per heavy atom. The summed E-state index contributed by atoms with van der Waals surface area (Å²) in [7, 11) is 0. The van der Waals surface area contributed by atoms with Gasteiger partial charge in [-0.2, -0.15) is 0 Å². The number of hydrogen-bond donors (Lipinski definition) is 0. The molecule has 3 rings (SSSR count). The van der Waals surface area contributed by atoms with Crippen molar-refractivity contribution in [2.24, 2.45) is 0 Å². The molecule has 0 unspecified atom stereocenters. The molecule has 5 nitrogen and oxygen atoms in total. The van der Waals surface area contributed by atoms with Gasteiger partial charge in [0.05, 0.1) is 0 Å². The van der Waals surface area contributed by atoms with Gasteiger partial charge in [-0.3, -0.25) is 0 Å². The topological polar surface area (TPSA) is 65.7 Å². The van der Waals surface area contributed by atoms with E-state index in [1.165, 1.54) is 12.1 Å². The van der Waals surface area contributed by atoms with Crippen molar-refractivity contribution in [1.29, 1.82) is 0 Å². The molecule has 2 aromatic carbocycles. The van der Waals surface area contributed by atoms with Gasteiger partial charge in [-0.15, -0.1) is 0 Å². The molecule has 5 heteroatoms. The second-order valence-corrected chi connectivity index (χ2v) is 5.52. The number of hydrogen-bond acceptors (Lipinski definition) is 5. The Morgan fingerprint density at radius 2 is 1.88 bits per heavy atom. The number of ether oxygens (including phenoxy) is 2. The quantitative estimate of drug-likeness (QED) is 0.291. The number of carbonyl (C=O) groups is 1. The Bertz CT molecular complexity index is 986. The first-order valence-corrected chi connectivity index (χ1v) is 8.23. The SMILES string of the molecule is CC=CC(=O)OCCOc1ccc2c(-c3ccccc3)cc(=O)oc2c1. The van der Waals surface area contributed by atoms with Crippen molar-refractivity contribution in [2.75, 3.05) is 13.2 Å². The van der Waals surface area contributed by atoms with E-state index in [4.69, 9.17) is 13.9 Å². The Labute approximate surface area is 150 Å². The maximum Gasteiger partial charge on any atom is 0.336 e. The Morgan fingerprint density at radius 1 is 1.08 bits per heavy atom. The molecule has 0 aliphatic heterocycles. The minimum atomic E-state index is -0.422. The van der Waals surface area contributed by atoms with E-state index < -0.39 is 11.6 Å². The number of allylic oxidation sites excluding steroid dienone is 1. The van der Waals surface area contributed by atoms with Crippen molar-refractivity contribution in [3.8, 4) is 16.9 Å². The molecule has 26 heavy (non-hydrogen) atoms. The van der Waals surface area contributed by atoms with E-state index in [0.717, 1.165) is 16.5 Å². The summed E-state index contributed by atoms with van der Waals surface area (Å²) in [6.07, 6.45) is 2.95. The summed E-state index contributed by atoms with van der Waals surface area (Å²) in [5, 5.41) is 0.822. The van der Waals surface area contributed by atoms with Crippen LogP contribution in [0.1, 0.15) is 6.92 Å². The van der Waals surface area contributed by atoms with Crippen molar-refractivity contribution in [2.45, 2.75) is 6.92 Å². The standard InChI is InChI=1S/C21H18O5/c1-2-6-20(22)25-12-11-24-16-9-10-17-18(15-7-4-3-5-8-15)14-21(23)26-19(17)13-16/h2-10,13-14H,11-12H2,1H3. The zero-order valence-electron chi connectivity index (χ0n) is 14.3. The summed E-state index contributed by atoms with van der Waals surface area (Å²) in [5.41, 5.74) is 1.77. The fourth-order valence-electron chi connectivity index (χ4n) is 2.58. The van der Waals surface area contributed by atoms with E-state index >= 15 is 0 Å². The summed E-state index contributed by atoms with van der Waals surface area (Å²) in [6.45, 7) is 2.08. The lowest BCUT2D eigenvalue weighted by Gasteiger charge is -2.09. The minimum Gasteiger partial charge on any atom is -0.490 e.